The van der Waals surface area contributed by atoms with Crippen molar-refractivity contribution in [1.29, 1.82) is 0 Å². The topological polar surface area (TPSA) is 77.2 Å². The molecule has 1 aromatic heterocycles. The van der Waals surface area contributed by atoms with Crippen LogP contribution >= 0.6 is 0 Å². The van der Waals surface area contributed by atoms with E-state index in [1.54, 1.807) is 6.07 Å². The number of ether oxygens (including phenoxy) is 1. The lowest BCUT2D eigenvalue weighted by molar-refractivity contribution is 0.0999. The predicted octanol–water partition coefficient (Wildman–Crippen LogP) is 1.68. The maximum absolute atomic E-state index is 11.1. The van der Waals surface area contributed by atoms with Crippen molar-refractivity contribution in [3.63, 3.8) is 0 Å². The number of hydrogen-bond acceptors (Lipinski definition) is 4. The minimum atomic E-state index is -0.517. The average molecular weight is 241 g/mol. The lowest BCUT2D eigenvalue weighted by Gasteiger charge is -2.10. The molecule has 2 heterocycles. The molecule has 3 rings (SSSR count). The normalized spacial score (nSPS) is 16.6. The summed E-state index contributed by atoms with van der Waals surface area (Å²) in [5, 5.41) is 3.13. The van der Waals surface area contributed by atoms with Crippen LogP contribution in [-0.4, -0.2) is 10.9 Å². The maximum atomic E-state index is 11.1. The summed E-state index contributed by atoms with van der Waals surface area (Å²) in [5.41, 5.74) is 6.53. The van der Waals surface area contributed by atoms with Gasteiger partial charge in [0, 0.05) is 11.8 Å². The number of pyridine rings is 1. The van der Waals surface area contributed by atoms with Gasteiger partial charge in [-0.25, -0.2) is 4.98 Å². The van der Waals surface area contributed by atoms with Gasteiger partial charge >= 0.3 is 0 Å². The highest BCUT2D eigenvalue weighted by Crippen LogP contribution is 2.36. The molecule has 1 aliphatic heterocycles. The third kappa shape index (κ3) is 1.75. The van der Waals surface area contributed by atoms with Gasteiger partial charge in [-0.3, -0.25) is 4.79 Å². The lowest BCUT2D eigenvalue weighted by Crippen LogP contribution is -2.11. The fourth-order valence-corrected chi connectivity index (χ4v) is 1.84. The van der Waals surface area contributed by atoms with Gasteiger partial charge in [0.05, 0.1) is 5.56 Å². The van der Waals surface area contributed by atoms with E-state index >= 15 is 0 Å². The summed E-state index contributed by atoms with van der Waals surface area (Å²) in [5.74, 6) is 0.645. The van der Waals surface area contributed by atoms with Crippen LogP contribution in [0.3, 0.4) is 0 Å². The van der Waals surface area contributed by atoms with Crippen LogP contribution in [0.4, 0.5) is 5.82 Å². The van der Waals surface area contributed by atoms with Gasteiger partial charge in [0.15, 0.2) is 17.8 Å². The van der Waals surface area contributed by atoms with Gasteiger partial charge in [-0.1, -0.05) is 30.3 Å². The number of aromatic nitrogens is 1. The van der Waals surface area contributed by atoms with E-state index in [0.717, 1.165) is 5.56 Å². The molecule has 2 aromatic rings. The van der Waals surface area contributed by atoms with Gasteiger partial charge in [-0.15, -0.1) is 0 Å². The van der Waals surface area contributed by atoms with Gasteiger partial charge < -0.3 is 15.8 Å². The van der Waals surface area contributed by atoms with E-state index in [9.17, 15) is 4.79 Å². The fraction of sp³-hybridized carbons (Fsp3) is 0.0769. The molecule has 1 aliphatic rings. The summed E-state index contributed by atoms with van der Waals surface area (Å²) in [4.78, 5) is 15.2. The predicted molar refractivity (Wildman–Crippen MR) is 66.2 cm³/mol. The highest BCUT2D eigenvalue weighted by Gasteiger charge is 2.25. The molecule has 1 aromatic carbocycles. The van der Waals surface area contributed by atoms with Crippen molar-refractivity contribution in [2.45, 2.75) is 6.23 Å². The number of carbonyl (C=O) groups excluding carboxylic acids is 1. The van der Waals surface area contributed by atoms with Gasteiger partial charge in [-0.05, 0) is 6.07 Å². The molecule has 1 atom stereocenters. The molecular weight excluding hydrogens is 230 g/mol. The molecule has 0 radical (unpaired) electrons. The first-order chi connectivity index (χ1) is 8.74. The van der Waals surface area contributed by atoms with E-state index in [1.807, 2.05) is 30.3 Å². The Hall–Kier alpha value is -2.56. The highest BCUT2D eigenvalue weighted by molar-refractivity contribution is 5.93. The third-order valence-corrected chi connectivity index (χ3v) is 2.75. The number of carbonyl (C=O) groups is 1. The van der Waals surface area contributed by atoms with Crippen LogP contribution in [0, 0.1) is 0 Å². The first kappa shape index (κ1) is 10.6. The van der Waals surface area contributed by atoms with Gasteiger partial charge in [0.25, 0.3) is 0 Å². The molecule has 90 valence electrons. The van der Waals surface area contributed by atoms with Crippen LogP contribution in [0.15, 0.2) is 42.6 Å². The molecule has 1 amide bonds. The molecule has 18 heavy (non-hydrogen) atoms. The average Bonchev–Trinajstić information content (AvgIpc) is 2.82. The van der Waals surface area contributed by atoms with E-state index in [-0.39, 0.29) is 6.23 Å². The Kier molecular flexibility index (Phi) is 2.37. The van der Waals surface area contributed by atoms with E-state index < -0.39 is 5.91 Å². The van der Waals surface area contributed by atoms with Crippen molar-refractivity contribution < 1.29 is 9.53 Å². The zero-order valence-corrected chi connectivity index (χ0v) is 9.46. The van der Waals surface area contributed by atoms with E-state index in [1.165, 1.54) is 6.20 Å². The van der Waals surface area contributed by atoms with Crippen molar-refractivity contribution in [2.75, 3.05) is 5.32 Å². The number of nitrogens with two attached hydrogens (primary N) is 1. The van der Waals surface area contributed by atoms with Gasteiger partial charge in [-0.2, -0.15) is 0 Å². The quantitative estimate of drug-likeness (QED) is 0.838. The van der Waals surface area contributed by atoms with Crippen LogP contribution in [0.5, 0.6) is 5.75 Å². The summed E-state index contributed by atoms with van der Waals surface area (Å²) in [6.45, 7) is 0. The van der Waals surface area contributed by atoms with Crippen LogP contribution < -0.4 is 15.8 Å². The summed E-state index contributed by atoms with van der Waals surface area (Å²) in [7, 11) is 0. The largest absolute Gasteiger partial charge is 0.463 e. The number of nitrogens with zero attached hydrogens (tertiary/aromatic N) is 1. The molecule has 0 saturated carbocycles. The number of rotatable bonds is 2. The molecule has 5 nitrogen and oxygen atoms in total. The maximum Gasteiger partial charge on any atom is 0.250 e. The second-order valence-electron chi connectivity index (χ2n) is 3.99. The van der Waals surface area contributed by atoms with E-state index in [4.69, 9.17) is 10.5 Å². The molecule has 0 fully saturated rings. The SMILES string of the molecule is NC(=O)c1cnc2c(c1)OC(c1ccccc1)N2. The highest BCUT2D eigenvalue weighted by atomic mass is 16.5. The van der Waals surface area contributed by atoms with Crippen LogP contribution in [0.1, 0.15) is 22.1 Å². The standard InChI is InChI=1S/C13H11N3O2/c14-11(17)9-6-10-12(15-7-9)16-13(18-10)8-4-2-1-3-5-8/h1-7,13H,(H2,14,17)(H,15,16). The Labute approximate surface area is 104 Å². The number of amides is 1. The van der Waals surface area contributed by atoms with E-state index in [2.05, 4.69) is 10.3 Å². The van der Waals surface area contributed by atoms with Crippen molar-refractivity contribution in [1.82, 2.24) is 4.98 Å². The fourth-order valence-electron chi connectivity index (χ4n) is 1.84. The first-order valence-electron chi connectivity index (χ1n) is 5.52. The van der Waals surface area contributed by atoms with Crippen LogP contribution in [-0.2, 0) is 0 Å². The Morgan fingerprint density at radius 3 is 2.83 bits per heavy atom. The number of primary amides is 1. The van der Waals surface area contributed by atoms with Crippen molar-refractivity contribution >= 4 is 11.7 Å². The molecule has 0 aliphatic carbocycles. The zero-order chi connectivity index (χ0) is 12.5. The molecule has 0 bridgehead atoms. The molecule has 1 unspecified atom stereocenters. The number of hydrogen-bond donors (Lipinski definition) is 2. The first-order valence-corrected chi connectivity index (χ1v) is 5.52. The molecule has 0 saturated heterocycles. The Bertz CT molecular complexity index is 598. The van der Waals surface area contributed by atoms with E-state index in [0.29, 0.717) is 17.1 Å². The molecular formula is C13H11N3O2. The molecule has 0 spiro atoms. The van der Waals surface area contributed by atoms with Gasteiger partial charge in [0.2, 0.25) is 5.91 Å². The summed E-state index contributed by atoms with van der Waals surface area (Å²) < 4.78 is 5.70. The van der Waals surface area contributed by atoms with Crippen molar-refractivity contribution in [2.24, 2.45) is 5.73 Å². The second kappa shape index (κ2) is 4.03. The smallest absolute Gasteiger partial charge is 0.250 e. The van der Waals surface area contributed by atoms with Crippen LogP contribution in [0.2, 0.25) is 0 Å². The zero-order valence-electron chi connectivity index (χ0n) is 9.46. The minimum absolute atomic E-state index is 0.281. The number of nitrogens with one attached hydrogen (secondary N) is 1. The van der Waals surface area contributed by atoms with Crippen molar-refractivity contribution in [3.8, 4) is 5.75 Å². The summed E-state index contributed by atoms with van der Waals surface area (Å²) >= 11 is 0. The third-order valence-electron chi connectivity index (χ3n) is 2.75. The molecule has 3 N–H and O–H groups in total. The summed E-state index contributed by atoms with van der Waals surface area (Å²) in [6, 6.07) is 11.3. The number of fused-ring (bicyclic) bond motifs is 1. The second-order valence-corrected chi connectivity index (χ2v) is 3.99. The molecule has 5 heteroatoms. The van der Waals surface area contributed by atoms with Gasteiger partial charge in [0.1, 0.15) is 0 Å². The van der Waals surface area contributed by atoms with Crippen molar-refractivity contribution in [3.05, 3.63) is 53.7 Å². The lowest BCUT2D eigenvalue weighted by atomic mass is 10.2. The Balaban J connectivity index is 1.90. The summed E-state index contributed by atoms with van der Waals surface area (Å²) in [6.07, 6.45) is 1.15. The number of benzene rings is 1. The monoisotopic (exact) mass is 241 g/mol. The van der Waals surface area contributed by atoms with Crippen LogP contribution in [0.25, 0.3) is 0 Å². The Morgan fingerprint density at radius 1 is 1.33 bits per heavy atom. The Morgan fingerprint density at radius 2 is 2.11 bits per heavy atom. The number of anilines is 1. The minimum Gasteiger partial charge on any atom is -0.463 e.